The van der Waals surface area contributed by atoms with E-state index in [-0.39, 0.29) is 31.1 Å². The Kier molecular flexibility index (Phi) is 4.97. The van der Waals surface area contributed by atoms with E-state index in [1.807, 2.05) is 54.7 Å². The number of esters is 1. The van der Waals surface area contributed by atoms with E-state index >= 15 is 0 Å². The van der Waals surface area contributed by atoms with Crippen molar-refractivity contribution in [3.63, 3.8) is 0 Å². The van der Waals surface area contributed by atoms with Crippen LogP contribution in [0.25, 0.3) is 5.69 Å². The minimum Gasteiger partial charge on any atom is -0.456 e. The summed E-state index contributed by atoms with van der Waals surface area (Å²) >= 11 is 0. The molecule has 0 N–H and O–H groups in total. The first-order valence-electron chi connectivity index (χ1n) is 8.92. The van der Waals surface area contributed by atoms with Crippen molar-refractivity contribution in [1.82, 2.24) is 9.78 Å². The molecule has 1 aromatic heterocycles. The van der Waals surface area contributed by atoms with Crippen molar-refractivity contribution in [2.75, 3.05) is 5.01 Å². The molecule has 0 saturated carbocycles. The van der Waals surface area contributed by atoms with Crippen LogP contribution in [-0.2, 0) is 20.9 Å². The first-order valence-corrected chi connectivity index (χ1v) is 8.92. The quantitative estimate of drug-likeness (QED) is 0.643. The summed E-state index contributed by atoms with van der Waals surface area (Å²) in [6.07, 6.45) is 4.07. The number of para-hydroxylation sites is 1. The lowest BCUT2D eigenvalue weighted by Crippen LogP contribution is -2.34. The Morgan fingerprint density at radius 3 is 2.46 bits per heavy atom. The monoisotopic (exact) mass is 374 g/mol. The highest BCUT2D eigenvalue weighted by Crippen LogP contribution is 2.20. The maximum absolute atomic E-state index is 12.4. The summed E-state index contributed by atoms with van der Waals surface area (Å²) in [5, 5.41) is 9.64. The van der Waals surface area contributed by atoms with Gasteiger partial charge in [0.05, 0.1) is 11.4 Å². The zero-order chi connectivity index (χ0) is 19.3. The molecule has 0 aliphatic carbocycles. The molecule has 140 valence electrons. The van der Waals surface area contributed by atoms with Gasteiger partial charge in [-0.1, -0.05) is 30.3 Å². The molecule has 0 atom stereocenters. The molecule has 1 aliphatic rings. The number of ether oxygens (including phenoxy) is 1. The van der Waals surface area contributed by atoms with Gasteiger partial charge in [-0.15, -0.1) is 0 Å². The summed E-state index contributed by atoms with van der Waals surface area (Å²) in [4.78, 5) is 24.5. The molecular formula is C21H18N4O3. The van der Waals surface area contributed by atoms with Crippen molar-refractivity contribution >= 4 is 23.3 Å². The lowest BCUT2D eigenvalue weighted by molar-refractivity contribution is -0.137. The third-order valence-electron chi connectivity index (χ3n) is 4.34. The summed E-state index contributed by atoms with van der Waals surface area (Å²) in [5.41, 5.74) is 2.66. The minimum absolute atomic E-state index is 0.135. The van der Waals surface area contributed by atoms with Crippen LogP contribution in [0.5, 0.6) is 0 Å². The number of carbonyl (C=O) groups is 2. The van der Waals surface area contributed by atoms with Gasteiger partial charge in [0.2, 0.25) is 5.91 Å². The van der Waals surface area contributed by atoms with Crippen LogP contribution in [0.3, 0.4) is 0 Å². The van der Waals surface area contributed by atoms with Gasteiger partial charge < -0.3 is 4.74 Å². The van der Waals surface area contributed by atoms with Gasteiger partial charge in [0.25, 0.3) is 0 Å². The fourth-order valence-corrected chi connectivity index (χ4v) is 2.87. The molecule has 0 bridgehead atoms. The lowest BCUT2D eigenvalue weighted by Gasteiger charge is -2.22. The Labute approximate surface area is 161 Å². The SMILES string of the molecule is O=C(OCc1ccc(-n2cccn2)cc1)C1=NN(c2ccccc2)C(=O)CC1. The van der Waals surface area contributed by atoms with E-state index in [1.165, 1.54) is 5.01 Å². The van der Waals surface area contributed by atoms with Gasteiger partial charge in [0.1, 0.15) is 12.3 Å². The molecule has 1 aliphatic heterocycles. The molecule has 2 aromatic carbocycles. The van der Waals surface area contributed by atoms with Crippen LogP contribution >= 0.6 is 0 Å². The number of rotatable bonds is 5. The van der Waals surface area contributed by atoms with E-state index in [2.05, 4.69) is 10.2 Å². The largest absolute Gasteiger partial charge is 0.456 e. The van der Waals surface area contributed by atoms with E-state index in [9.17, 15) is 9.59 Å². The van der Waals surface area contributed by atoms with E-state index < -0.39 is 5.97 Å². The molecule has 28 heavy (non-hydrogen) atoms. The predicted octanol–water partition coefficient (Wildman–Crippen LogP) is 3.10. The summed E-state index contributed by atoms with van der Waals surface area (Å²) in [6.45, 7) is 0.135. The Balaban J connectivity index is 1.41. The topological polar surface area (TPSA) is 76.8 Å². The van der Waals surface area contributed by atoms with Crippen LogP contribution in [0.4, 0.5) is 5.69 Å². The Morgan fingerprint density at radius 1 is 0.964 bits per heavy atom. The number of benzene rings is 2. The van der Waals surface area contributed by atoms with Crippen LogP contribution in [0, 0.1) is 0 Å². The van der Waals surface area contributed by atoms with E-state index in [4.69, 9.17) is 4.74 Å². The summed E-state index contributed by atoms with van der Waals surface area (Å²) in [7, 11) is 0. The number of hydrogen-bond donors (Lipinski definition) is 0. The first-order chi connectivity index (χ1) is 13.7. The zero-order valence-electron chi connectivity index (χ0n) is 15.1. The Bertz CT molecular complexity index is 996. The van der Waals surface area contributed by atoms with Crippen molar-refractivity contribution in [3.8, 4) is 5.69 Å². The third-order valence-corrected chi connectivity index (χ3v) is 4.34. The van der Waals surface area contributed by atoms with Crippen molar-refractivity contribution in [2.45, 2.75) is 19.4 Å². The van der Waals surface area contributed by atoms with Crippen molar-refractivity contribution in [2.24, 2.45) is 5.10 Å². The van der Waals surface area contributed by atoms with E-state index in [0.717, 1.165) is 11.3 Å². The standard InChI is InChI=1S/C21H18N4O3/c26-20-12-11-19(23-25(20)18-5-2-1-3-6-18)21(27)28-15-16-7-9-17(10-8-16)24-14-4-13-22-24/h1-10,13-14H,11-12,15H2. The van der Waals surface area contributed by atoms with Gasteiger partial charge in [0, 0.05) is 25.2 Å². The van der Waals surface area contributed by atoms with Crippen molar-refractivity contribution in [3.05, 3.63) is 78.6 Å². The highest BCUT2D eigenvalue weighted by molar-refractivity contribution is 6.37. The van der Waals surface area contributed by atoms with Gasteiger partial charge in [-0.2, -0.15) is 10.2 Å². The van der Waals surface area contributed by atoms with Crippen LogP contribution in [0.15, 0.2) is 78.2 Å². The second-order valence-electron chi connectivity index (χ2n) is 6.28. The van der Waals surface area contributed by atoms with Crippen LogP contribution in [-0.4, -0.2) is 27.4 Å². The fraction of sp³-hybridized carbons (Fsp3) is 0.143. The van der Waals surface area contributed by atoms with Crippen LogP contribution in [0.2, 0.25) is 0 Å². The van der Waals surface area contributed by atoms with E-state index in [0.29, 0.717) is 5.69 Å². The molecule has 0 saturated heterocycles. The van der Waals surface area contributed by atoms with Crippen molar-refractivity contribution < 1.29 is 14.3 Å². The molecule has 7 nitrogen and oxygen atoms in total. The third kappa shape index (κ3) is 3.83. The maximum atomic E-state index is 12.4. The first kappa shape index (κ1) is 17.7. The predicted molar refractivity (Wildman–Crippen MR) is 104 cm³/mol. The van der Waals surface area contributed by atoms with E-state index in [1.54, 1.807) is 23.0 Å². The molecule has 4 rings (SSSR count). The van der Waals surface area contributed by atoms with Crippen molar-refractivity contribution in [1.29, 1.82) is 0 Å². The number of nitrogens with zero attached hydrogens (tertiary/aromatic N) is 4. The highest BCUT2D eigenvalue weighted by Gasteiger charge is 2.26. The fourth-order valence-electron chi connectivity index (χ4n) is 2.87. The molecule has 0 radical (unpaired) electrons. The summed E-state index contributed by atoms with van der Waals surface area (Å²) in [5.74, 6) is -0.651. The average Bonchev–Trinajstić information content (AvgIpc) is 3.28. The number of carbonyl (C=O) groups excluding carboxylic acids is 2. The molecule has 7 heteroatoms. The molecule has 0 unspecified atom stereocenters. The summed E-state index contributed by atoms with van der Waals surface area (Å²) < 4.78 is 7.14. The number of hydrogen-bond acceptors (Lipinski definition) is 5. The van der Waals surface area contributed by atoms with Gasteiger partial charge >= 0.3 is 5.97 Å². The molecular weight excluding hydrogens is 356 g/mol. The lowest BCUT2D eigenvalue weighted by atomic mass is 10.1. The normalized spacial score (nSPS) is 13.9. The number of anilines is 1. The second kappa shape index (κ2) is 7.87. The maximum Gasteiger partial charge on any atom is 0.354 e. The molecule has 0 fully saturated rings. The number of hydrazone groups is 1. The van der Waals surface area contributed by atoms with Gasteiger partial charge in [-0.05, 0) is 35.9 Å². The molecule has 3 aromatic rings. The Hall–Kier alpha value is -3.74. The molecule has 1 amide bonds. The second-order valence-corrected chi connectivity index (χ2v) is 6.28. The Morgan fingerprint density at radius 2 is 1.75 bits per heavy atom. The number of amides is 1. The smallest absolute Gasteiger partial charge is 0.354 e. The molecule has 2 heterocycles. The molecule has 0 spiro atoms. The average molecular weight is 374 g/mol. The van der Waals surface area contributed by atoms with Crippen LogP contribution < -0.4 is 5.01 Å². The minimum atomic E-state index is -0.510. The highest BCUT2D eigenvalue weighted by atomic mass is 16.5. The zero-order valence-corrected chi connectivity index (χ0v) is 15.1. The summed E-state index contributed by atoms with van der Waals surface area (Å²) in [6, 6.07) is 18.5. The number of aromatic nitrogens is 2. The van der Waals surface area contributed by atoms with Crippen LogP contribution in [0.1, 0.15) is 18.4 Å². The van der Waals surface area contributed by atoms with Gasteiger partial charge in [0.15, 0.2) is 0 Å². The van der Waals surface area contributed by atoms with Gasteiger partial charge in [-0.3, -0.25) is 4.79 Å². The van der Waals surface area contributed by atoms with Gasteiger partial charge in [-0.25, -0.2) is 14.5 Å².